The van der Waals surface area contributed by atoms with Crippen LogP contribution in [0.3, 0.4) is 0 Å². The number of anilines is 2. The molecule has 0 bridgehead atoms. The van der Waals surface area contributed by atoms with Gasteiger partial charge in [-0.3, -0.25) is 9.63 Å². The standard InChI is InChI=1S/C18H16F4IN3O5/c19-12-6-10(23)7-13(20)17(12)25-16-11(18(29)26-31-4-2-28)5-9(14(21)15(16)22)8-24-30-3-1-27/h5-8,25,27-28H,1-4H2,(H,26,29)/b24-8+. The monoisotopic (exact) mass is 557 g/mol. The number of benzene rings is 2. The summed E-state index contributed by atoms with van der Waals surface area (Å²) in [4.78, 5) is 21.7. The van der Waals surface area contributed by atoms with Crippen molar-refractivity contribution in [3.8, 4) is 0 Å². The van der Waals surface area contributed by atoms with Crippen LogP contribution in [0.2, 0.25) is 0 Å². The van der Waals surface area contributed by atoms with Crippen molar-refractivity contribution in [2.24, 2.45) is 5.16 Å². The van der Waals surface area contributed by atoms with Gasteiger partial charge in [0.2, 0.25) is 0 Å². The van der Waals surface area contributed by atoms with E-state index < -0.39 is 58.3 Å². The normalized spacial score (nSPS) is 11.1. The number of carbonyl (C=O) groups is 1. The molecular weight excluding hydrogens is 541 g/mol. The van der Waals surface area contributed by atoms with E-state index >= 15 is 0 Å². The largest absolute Gasteiger partial charge is 0.394 e. The van der Waals surface area contributed by atoms with Crippen molar-refractivity contribution in [3.05, 3.63) is 56.2 Å². The van der Waals surface area contributed by atoms with Gasteiger partial charge in [0.25, 0.3) is 5.91 Å². The van der Waals surface area contributed by atoms with Crippen molar-refractivity contribution in [1.82, 2.24) is 5.48 Å². The summed E-state index contributed by atoms with van der Waals surface area (Å²) < 4.78 is 57.9. The molecule has 0 fully saturated rings. The molecule has 0 unspecified atom stereocenters. The topological polar surface area (TPSA) is 112 Å². The van der Waals surface area contributed by atoms with Gasteiger partial charge in [-0.25, -0.2) is 23.0 Å². The number of hydrogen-bond acceptors (Lipinski definition) is 7. The minimum Gasteiger partial charge on any atom is -0.394 e. The SMILES string of the molecule is O=C(NOCCO)c1cc(/C=N/OCCO)c(F)c(F)c1Nc1c(F)cc(I)cc1F. The maximum absolute atomic E-state index is 14.8. The van der Waals surface area contributed by atoms with E-state index in [0.717, 1.165) is 24.4 Å². The lowest BCUT2D eigenvalue weighted by Crippen LogP contribution is -2.26. The van der Waals surface area contributed by atoms with Crippen LogP contribution < -0.4 is 10.8 Å². The lowest BCUT2D eigenvalue weighted by molar-refractivity contribution is 0.0168. The first-order valence-electron chi connectivity index (χ1n) is 8.52. The minimum atomic E-state index is -1.63. The van der Waals surface area contributed by atoms with Gasteiger partial charge in [0.05, 0.1) is 37.3 Å². The van der Waals surface area contributed by atoms with E-state index in [1.165, 1.54) is 0 Å². The zero-order valence-electron chi connectivity index (χ0n) is 15.6. The third kappa shape index (κ3) is 6.49. The van der Waals surface area contributed by atoms with Crippen LogP contribution in [0.15, 0.2) is 23.4 Å². The van der Waals surface area contributed by atoms with E-state index in [-0.39, 0.29) is 23.4 Å². The Labute approximate surface area is 186 Å². The van der Waals surface area contributed by atoms with E-state index in [0.29, 0.717) is 0 Å². The minimum absolute atomic E-state index is 0.214. The van der Waals surface area contributed by atoms with Crippen molar-refractivity contribution in [2.75, 3.05) is 31.7 Å². The Hall–Kier alpha value is -2.49. The molecule has 0 spiro atoms. The highest BCUT2D eigenvalue weighted by molar-refractivity contribution is 14.1. The molecule has 2 aromatic carbocycles. The first kappa shape index (κ1) is 24.8. The molecule has 4 N–H and O–H groups in total. The molecule has 0 aliphatic carbocycles. The van der Waals surface area contributed by atoms with E-state index in [9.17, 15) is 22.4 Å². The Balaban J connectivity index is 2.53. The van der Waals surface area contributed by atoms with Crippen LogP contribution in [0.25, 0.3) is 0 Å². The Morgan fingerprint density at radius 1 is 1.03 bits per heavy atom. The number of aliphatic hydroxyl groups excluding tert-OH is 2. The van der Waals surface area contributed by atoms with Gasteiger partial charge in [0, 0.05) is 9.13 Å². The smallest absolute Gasteiger partial charge is 0.277 e. The molecule has 31 heavy (non-hydrogen) atoms. The molecular formula is C18H16F4IN3O5. The van der Waals surface area contributed by atoms with E-state index in [2.05, 4.69) is 20.1 Å². The van der Waals surface area contributed by atoms with Crippen molar-refractivity contribution in [3.63, 3.8) is 0 Å². The third-order valence-electron chi connectivity index (χ3n) is 3.54. The fourth-order valence-corrected chi connectivity index (χ4v) is 2.78. The van der Waals surface area contributed by atoms with E-state index in [1.54, 1.807) is 22.6 Å². The Morgan fingerprint density at radius 3 is 2.29 bits per heavy atom. The number of hydrogen-bond donors (Lipinski definition) is 4. The number of aliphatic hydroxyl groups is 2. The average molecular weight is 557 g/mol. The number of nitrogens with zero attached hydrogens (tertiary/aromatic N) is 1. The highest BCUT2D eigenvalue weighted by atomic mass is 127. The number of rotatable bonds is 10. The number of nitrogens with one attached hydrogen (secondary N) is 2. The molecule has 2 rings (SSSR count). The molecule has 0 aromatic heterocycles. The quantitative estimate of drug-likeness (QED) is 0.118. The van der Waals surface area contributed by atoms with Crippen LogP contribution in [0.1, 0.15) is 15.9 Å². The summed E-state index contributed by atoms with van der Waals surface area (Å²) in [5.41, 5.74) is -0.901. The van der Waals surface area contributed by atoms with E-state index in [1.807, 2.05) is 5.48 Å². The molecule has 1 amide bonds. The Morgan fingerprint density at radius 2 is 1.68 bits per heavy atom. The highest BCUT2D eigenvalue weighted by Crippen LogP contribution is 2.31. The first-order valence-corrected chi connectivity index (χ1v) is 9.60. The van der Waals surface area contributed by atoms with Crippen LogP contribution in [0.4, 0.5) is 28.9 Å². The second kappa shape index (κ2) is 11.8. The second-order valence-corrected chi connectivity index (χ2v) is 6.93. The van der Waals surface area contributed by atoms with Gasteiger partial charge in [0.15, 0.2) is 23.3 Å². The second-order valence-electron chi connectivity index (χ2n) is 5.68. The van der Waals surface area contributed by atoms with Crippen LogP contribution in [0, 0.1) is 26.8 Å². The number of carbonyl (C=O) groups excluding carboxylic acids is 1. The van der Waals surface area contributed by atoms with Gasteiger partial charge in [-0.1, -0.05) is 5.16 Å². The fraction of sp³-hybridized carbons (Fsp3) is 0.222. The molecule has 0 heterocycles. The molecule has 0 aliphatic heterocycles. The number of oxime groups is 1. The van der Waals surface area contributed by atoms with Gasteiger partial charge >= 0.3 is 0 Å². The summed E-state index contributed by atoms with van der Waals surface area (Å²) >= 11 is 1.66. The molecule has 0 saturated heterocycles. The van der Waals surface area contributed by atoms with Crippen LogP contribution in [0.5, 0.6) is 0 Å². The van der Waals surface area contributed by atoms with Crippen LogP contribution in [-0.2, 0) is 9.68 Å². The number of hydroxylamine groups is 1. The summed E-state index contributed by atoms with van der Waals surface area (Å²) in [6.07, 6.45) is 0.745. The summed E-state index contributed by atoms with van der Waals surface area (Å²) in [5.74, 6) is -6.42. The van der Waals surface area contributed by atoms with Gasteiger partial charge < -0.3 is 20.4 Å². The average Bonchev–Trinajstić information content (AvgIpc) is 2.72. The molecule has 2 aromatic rings. The summed E-state index contributed by atoms with van der Waals surface area (Å²) in [6.45, 7) is -1.34. The van der Waals surface area contributed by atoms with Gasteiger partial charge in [-0.05, 0) is 40.8 Å². The molecule has 13 heteroatoms. The predicted octanol–water partition coefficient (Wildman–Crippen LogP) is 2.59. The van der Waals surface area contributed by atoms with Crippen molar-refractivity contribution < 1.29 is 42.2 Å². The Kier molecular flexibility index (Phi) is 9.42. The lowest BCUT2D eigenvalue weighted by Gasteiger charge is -2.16. The van der Waals surface area contributed by atoms with Crippen molar-refractivity contribution >= 4 is 46.1 Å². The summed E-state index contributed by atoms with van der Waals surface area (Å²) in [7, 11) is 0. The molecule has 0 aliphatic rings. The van der Waals surface area contributed by atoms with Crippen molar-refractivity contribution in [2.45, 2.75) is 0 Å². The van der Waals surface area contributed by atoms with Gasteiger partial charge in [0.1, 0.15) is 12.3 Å². The van der Waals surface area contributed by atoms with Crippen LogP contribution >= 0.6 is 22.6 Å². The molecule has 0 saturated carbocycles. The number of halogens is 5. The molecule has 0 radical (unpaired) electrons. The zero-order valence-corrected chi connectivity index (χ0v) is 17.8. The third-order valence-corrected chi connectivity index (χ3v) is 4.17. The first-order chi connectivity index (χ1) is 14.8. The maximum Gasteiger partial charge on any atom is 0.277 e. The highest BCUT2D eigenvalue weighted by Gasteiger charge is 2.24. The number of amides is 1. The van der Waals surface area contributed by atoms with Crippen LogP contribution in [-0.4, -0.2) is 48.8 Å². The van der Waals surface area contributed by atoms with Gasteiger partial charge in [-0.15, -0.1) is 0 Å². The molecule has 0 atom stereocenters. The Bertz CT molecular complexity index is 955. The summed E-state index contributed by atoms with van der Waals surface area (Å²) in [6, 6.07) is 2.74. The fourth-order valence-electron chi connectivity index (χ4n) is 2.23. The predicted molar refractivity (Wildman–Crippen MR) is 110 cm³/mol. The molecule has 8 nitrogen and oxygen atoms in total. The summed E-state index contributed by atoms with van der Waals surface area (Å²) in [5, 5.41) is 22.8. The maximum atomic E-state index is 14.8. The van der Waals surface area contributed by atoms with Gasteiger partial charge in [-0.2, -0.15) is 0 Å². The zero-order chi connectivity index (χ0) is 23.0. The molecule has 168 valence electrons. The lowest BCUT2D eigenvalue weighted by atomic mass is 10.1. The van der Waals surface area contributed by atoms with Crippen molar-refractivity contribution in [1.29, 1.82) is 0 Å². The van der Waals surface area contributed by atoms with E-state index in [4.69, 9.17) is 10.2 Å².